The number of hydroxylamine groups is 2. The van der Waals surface area contributed by atoms with Crippen LogP contribution >= 0.6 is 0 Å². The van der Waals surface area contributed by atoms with Crippen molar-refractivity contribution in [2.24, 2.45) is 11.3 Å². The number of nitrogens with one attached hydrogen (secondary N) is 1. The van der Waals surface area contributed by atoms with E-state index in [0.29, 0.717) is 31.6 Å². The van der Waals surface area contributed by atoms with Gasteiger partial charge in [0.15, 0.2) is 0 Å². The van der Waals surface area contributed by atoms with Crippen molar-refractivity contribution in [3.63, 3.8) is 0 Å². The molecule has 0 aliphatic rings. The van der Waals surface area contributed by atoms with E-state index in [1.54, 1.807) is 0 Å². The number of rotatable bonds is 9. The van der Waals surface area contributed by atoms with Crippen molar-refractivity contribution >= 4 is 18.0 Å². The van der Waals surface area contributed by atoms with Gasteiger partial charge >= 0.3 is 12.1 Å². The van der Waals surface area contributed by atoms with E-state index in [1.165, 1.54) is 7.05 Å². The largest absolute Gasteiger partial charge is 0.359 e. The number of carbonyl (C=O) groups excluding carboxylic acids is 3. The highest BCUT2D eigenvalue weighted by molar-refractivity contribution is 6.02. The lowest BCUT2D eigenvalue weighted by molar-refractivity contribution is -0.167. The first kappa shape index (κ1) is 23.4. The summed E-state index contributed by atoms with van der Waals surface area (Å²) in [5.74, 6) is -0.214. The molecule has 2 N–H and O–H groups in total. The van der Waals surface area contributed by atoms with Gasteiger partial charge in [-0.25, -0.2) is 14.5 Å². The number of nitrogens with zero attached hydrogens (tertiary/aromatic N) is 2. The van der Waals surface area contributed by atoms with E-state index in [-0.39, 0.29) is 11.6 Å². The molecular weight excluding hydrogens is 322 g/mol. The van der Waals surface area contributed by atoms with Crippen molar-refractivity contribution < 1.29 is 19.6 Å². The molecule has 25 heavy (non-hydrogen) atoms. The summed E-state index contributed by atoms with van der Waals surface area (Å²) in [4.78, 5) is 38.2. The smallest absolute Gasteiger partial charge is 0.341 e. The number of hydrogen-bond acceptors (Lipinski definition) is 4. The molecular formula is C18H35N3O4. The predicted molar refractivity (Wildman–Crippen MR) is 97.2 cm³/mol. The van der Waals surface area contributed by atoms with Gasteiger partial charge in [-0.15, -0.1) is 5.06 Å². The lowest BCUT2D eigenvalue weighted by Crippen LogP contribution is -2.53. The van der Waals surface area contributed by atoms with E-state index in [4.69, 9.17) is 0 Å². The van der Waals surface area contributed by atoms with Crippen LogP contribution in [0.2, 0.25) is 0 Å². The molecule has 0 aliphatic heterocycles. The lowest BCUT2D eigenvalue weighted by Gasteiger charge is -2.34. The third-order valence-corrected chi connectivity index (χ3v) is 4.81. The van der Waals surface area contributed by atoms with Crippen molar-refractivity contribution in [1.29, 1.82) is 0 Å². The molecule has 0 aliphatic carbocycles. The summed E-state index contributed by atoms with van der Waals surface area (Å²) < 4.78 is 0. The average molecular weight is 357 g/mol. The minimum absolute atomic E-state index is 0.137. The highest BCUT2D eigenvalue weighted by atomic mass is 16.5. The first-order chi connectivity index (χ1) is 11.7. The third-order valence-electron chi connectivity index (χ3n) is 4.81. The molecule has 0 spiro atoms. The maximum atomic E-state index is 12.9. The van der Waals surface area contributed by atoms with E-state index in [1.807, 2.05) is 20.8 Å². The zero-order valence-corrected chi connectivity index (χ0v) is 16.6. The first-order valence-corrected chi connectivity index (χ1v) is 9.27. The number of unbranched alkanes of at least 4 members (excludes halogenated alkanes) is 1. The zero-order valence-electron chi connectivity index (χ0n) is 16.6. The summed E-state index contributed by atoms with van der Waals surface area (Å²) in [5.41, 5.74) is -0.798. The van der Waals surface area contributed by atoms with Gasteiger partial charge in [0.25, 0.3) is 5.91 Å². The molecule has 7 nitrogen and oxygen atoms in total. The molecule has 0 atom stereocenters. The Balaban J connectivity index is 5.40. The Morgan fingerprint density at radius 3 is 2.08 bits per heavy atom. The summed E-state index contributed by atoms with van der Waals surface area (Å²) in [6.45, 7) is 9.98. The summed E-state index contributed by atoms with van der Waals surface area (Å²) in [5, 5.41) is 12.8. The summed E-state index contributed by atoms with van der Waals surface area (Å²) >= 11 is 0. The molecule has 0 radical (unpaired) electrons. The van der Waals surface area contributed by atoms with Crippen molar-refractivity contribution in [2.75, 3.05) is 13.6 Å². The lowest BCUT2D eigenvalue weighted by atomic mass is 9.76. The summed E-state index contributed by atoms with van der Waals surface area (Å²) in [6.07, 6.45) is 3.84. The van der Waals surface area contributed by atoms with Crippen LogP contribution in [0, 0.1) is 11.3 Å². The molecule has 0 bridgehead atoms. The van der Waals surface area contributed by atoms with Crippen LogP contribution in [0.15, 0.2) is 0 Å². The van der Waals surface area contributed by atoms with Crippen LogP contribution in [-0.2, 0) is 4.79 Å². The second-order valence-electron chi connectivity index (χ2n) is 6.88. The minimum Gasteiger partial charge on any atom is -0.341 e. The van der Waals surface area contributed by atoms with E-state index in [9.17, 15) is 19.6 Å². The second-order valence-corrected chi connectivity index (χ2v) is 6.88. The molecule has 7 heteroatoms. The van der Waals surface area contributed by atoms with Crippen molar-refractivity contribution in [3.8, 4) is 0 Å². The van der Waals surface area contributed by atoms with Crippen molar-refractivity contribution in [2.45, 2.75) is 73.1 Å². The van der Waals surface area contributed by atoms with Gasteiger partial charge in [0, 0.05) is 13.6 Å². The van der Waals surface area contributed by atoms with E-state index < -0.39 is 23.4 Å². The fourth-order valence-electron chi connectivity index (χ4n) is 2.74. The molecule has 0 fully saturated rings. The number of imide groups is 2. The molecule has 5 amide bonds. The van der Waals surface area contributed by atoms with E-state index in [0.717, 1.165) is 17.7 Å². The number of carbonyl (C=O) groups is 3. The number of urea groups is 2. The molecule has 0 aromatic heterocycles. The monoisotopic (exact) mass is 357 g/mol. The second kappa shape index (κ2) is 11.1. The fourth-order valence-corrected chi connectivity index (χ4v) is 2.74. The van der Waals surface area contributed by atoms with E-state index >= 15 is 0 Å². The fraction of sp³-hybridized carbons (Fsp3) is 0.833. The van der Waals surface area contributed by atoms with Gasteiger partial charge in [0.05, 0.1) is 5.41 Å². The molecule has 0 aromatic carbocycles. The Bertz CT molecular complexity index is 448. The van der Waals surface area contributed by atoms with Crippen molar-refractivity contribution in [3.05, 3.63) is 0 Å². The maximum absolute atomic E-state index is 12.9. The molecule has 0 aromatic rings. The molecule has 0 rings (SSSR count). The van der Waals surface area contributed by atoms with Crippen LogP contribution in [0.1, 0.15) is 73.1 Å². The van der Waals surface area contributed by atoms with Crippen LogP contribution in [0.4, 0.5) is 9.59 Å². The van der Waals surface area contributed by atoms with Crippen LogP contribution in [0.3, 0.4) is 0 Å². The summed E-state index contributed by atoms with van der Waals surface area (Å²) in [6, 6.07) is -1.63. The van der Waals surface area contributed by atoms with Crippen LogP contribution < -0.4 is 5.32 Å². The molecule has 0 unspecified atom stereocenters. The van der Waals surface area contributed by atoms with Crippen LogP contribution in [0.25, 0.3) is 0 Å². The Kier molecular flexibility index (Phi) is 10.4. The summed E-state index contributed by atoms with van der Waals surface area (Å²) in [7, 11) is 1.41. The van der Waals surface area contributed by atoms with E-state index in [2.05, 4.69) is 19.2 Å². The van der Waals surface area contributed by atoms with Gasteiger partial charge in [-0.3, -0.25) is 10.0 Å². The van der Waals surface area contributed by atoms with Crippen LogP contribution in [-0.4, -0.2) is 46.7 Å². The Labute approximate surface area is 151 Å². The van der Waals surface area contributed by atoms with Gasteiger partial charge in [0.2, 0.25) is 0 Å². The highest BCUT2D eigenvalue weighted by Gasteiger charge is 2.41. The van der Waals surface area contributed by atoms with Crippen molar-refractivity contribution in [1.82, 2.24) is 15.3 Å². The van der Waals surface area contributed by atoms with Crippen LogP contribution in [0.5, 0.6) is 0 Å². The SMILES string of the molecule is CCCCN(C(=O)NC)C(=O)N(O)C(=O)C(CC)(CC)CCC(C)C. The third kappa shape index (κ3) is 6.30. The Morgan fingerprint density at radius 2 is 1.68 bits per heavy atom. The zero-order chi connectivity index (χ0) is 19.6. The molecule has 0 heterocycles. The van der Waals surface area contributed by atoms with Gasteiger partial charge in [-0.1, -0.05) is 41.0 Å². The maximum Gasteiger partial charge on any atom is 0.359 e. The number of hydrogen-bond donors (Lipinski definition) is 2. The topological polar surface area (TPSA) is 90.0 Å². The number of amides is 5. The molecule has 146 valence electrons. The standard InChI is InChI=1S/C18H35N3O4/c1-7-10-13-20(16(23)19-6)17(24)21(25)15(22)18(8-2,9-3)12-11-14(4)5/h14,25H,7-13H2,1-6H3,(H,19,23). The predicted octanol–water partition coefficient (Wildman–Crippen LogP) is 4.01. The van der Waals surface area contributed by atoms with Gasteiger partial charge < -0.3 is 5.32 Å². The normalized spacial score (nSPS) is 11.4. The molecule has 0 saturated heterocycles. The Morgan fingerprint density at radius 1 is 1.12 bits per heavy atom. The Hall–Kier alpha value is -1.63. The highest BCUT2D eigenvalue weighted by Crippen LogP contribution is 2.35. The average Bonchev–Trinajstić information content (AvgIpc) is 2.61. The molecule has 0 saturated carbocycles. The van der Waals surface area contributed by atoms with Gasteiger partial charge in [-0.2, -0.15) is 0 Å². The first-order valence-electron chi connectivity index (χ1n) is 9.27. The van der Waals surface area contributed by atoms with Gasteiger partial charge in [0.1, 0.15) is 0 Å². The quantitative estimate of drug-likeness (QED) is 0.482. The van der Waals surface area contributed by atoms with Gasteiger partial charge in [-0.05, 0) is 38.0 Å². The minimum atomic E-state index is -0.992.